The largest absolute Gasteiger partial charge is 0.507 e. The van der Waals surface area contributed by atoms with Crippen LogP contribution in [-0.2, 0) is 16.1 Å². The molecule has 0 radical (unpaired) electrons. The minimum atomic E-state index is -0.972. The third kappa shape index (κ3) is 4.03. The number of rotatable bonds is 6. The van der Waals surface area contributed by atoms with Gasteiger partial charge in [-0.2, -0.15) is 0 Å². The topological polar surface area (TPSA) is 89.0 Å². The SMILES string of the molecule is COc1cccc(C2/C(=C(/O)c3ccc(F)cc3)C(=O)C(=O)N2Cc2cccnc2)c1OC. The van der Waals surface area contributed by atoms with Gasteiger partial charge in [0.1, 0.15) is 11.6 Å². The minimum absolute atomic E-state index is 0.0731. The summed E-state index contributed by atoms with van der Waals surface area (Å²) >= 11 is 0. The number of halogens is 1. The monoisotopic (exact) mass is 448 g/mol. The van der Waals surface area contributed by atoms with Gasteiger partial charge in [0.15, 0.2) is 11.5 Å². The molecule has 0 spiro atoms. The van der Waals surface area contributed by atoms with Crippen molar-refractivity contribution in [1.29, 1.82) is 0 Å². The average Bonchev–Trinajstić information content (AvgIpc) is 3.08. The first-order valence-electron chi connectivity index (χ1n) is 10.1. The summed E-state index contributed by atoms with van der Waals surface area (Å²) in [5, 5.41) is 11.1. The summed E-state index contributed by atoms with van der Waals surface area (Å²) in [5.41, 5.74) is 1.25. The molecule has 1 saturated heterocycles. The normalized spacial score (nSPS) is 17.3. The number of methoxy groups -OCH3 is 2. The van der Waals surface area contributed by atoms with Crippen LogP contribution in [0.2, 0.25) is 0 Å². The van der Waals surface area contributed by atoms with Crippen LogP contribution in [0.1, 0.15) is 22.7 Å². The summed E-state index contributed by atoms with van der Waals surface area (Å²) in [7, 11) is 2.93. The number of hydrogen-bond acceptors (Lipinski definition) is 6. The van der Waals surface area contributed by atoms with E-state index in [2.05, 4.69) is 4.98 Å². The molecule has 33 heavy (non-hydrogen) atoms. The highest BCUT2D eigenvalue weighted by Gasteiger charge is 2.47. The third-order valence-electron chi connectivity index (χ3n) is 5.46. The van der Waals surface area contributed by atoms with Gasteiger partial charge in [-0.1, -0.05) is 18.2 Å². The molecule has 0 saturated carbocycles. The van der Waals surface area contributed by atoms with Crippen LogP contribution >= 0.6 is 0 Å². The zero-order valence-electron chi connectivity index (χ0n) is 18.0. The zero-order valence-corrected chi connectivity index (χ0v) is 18.0. The molecule has 1 aliphatic rings. The van der Waals surface area contributed by atoms with Gasteiger partial charge in [-0.25, -0.2) is 4.39 Å². The number of aromatic nitrogens is 1. The number of hydrogen-bond donors (Lipinski definition) is 1. The van der Waals surface area contributed by atoms with Crippen molar-refractivity contribution in [2.45, 2.75) is 12.6 Å². The van der Waals surface area contributed by atoms with Gasteiger partial charge in [-0.05, 0) is 42.0 Å². The number of amides is 1. The number of pyridine rings is 1. The van der Waals surface area contributed by atoms with E-state index >= 15 is 0 Å². The molecular formula is C25H21FN2O5. The highest BCUT2D eigenvalue weighted by atomic mass is 19.1. The van der Waals surface area contributed by atoms with E-state index in [0.717, 1.165) is 0 Å². The Morgan fingerprint density at radius 3 is 2.45 bits per heavy atom. The number of aliphatic hydroxyl groups is 1. The van der Waals surface area contributed by atoms with E-state index in [1.54, 1.807) is 42.7 Å². The number of carbonyl (C=O) groups excluding carboxylic acids is 2. The fourth-order valence-electron chi connectivity index (χ4n) is 3.95. The van der Waals surface area contributed by atoms with Crippen molar-refractivity contribution in [3.05, 3.63) is 95.1 Å². The summed E-state index contributed by atoms with van der Waals surface area (Å²) in [4.78, 5) is 31.7. The molecule has 1 N–H and O–H groups in total. The van der Waals surface area contributed by atoms with Crippen LogP contribution in [-0.4, -0.2) is 40.9 Å². The summed E-state index contributed by atoms with van der Waals surface area (Å²) in [5.74, 6) is -1.80. The number of nitrogens with zero attached hydrogens (tertiary/aromatic N) is 2. The molecule has 1 aromatic heterocycles. The lowest BCUT2D eigenvalue weighted by Crippen LogP contribution is -2.29. The Labute approximate surface area is 189 Å². The predicted octanol–water partition coefficient (Wildman–Crippen LogP) is 3.86. The highest BCUT2D eigenvalue weighted by Crippen LogP contribution is 2.46. The van der Waals surface area contributed by atoms with E-state index in [0.29, 0.717) is 22.6 Å². The highest BCUT2D eigenvalue weighted by molar-refractivity contribution is 6.46. The Morgan fingerprint density at radius 1 is 1.06 bits per heavy atom. The van der Waals surface area contributed by atoms with Crippen molar-refractivity contribution in [3.63, 3.8) is 0 Å². The lowest BCUT2D eigenvalue weighted by atomic mass is 9.94. The van der Waals surface area contributed by atoms with Crippen LogP contribution in [0, 0.1) is 5.82 Å². The Hall–Kier alpha value is -4.20. The van der Waals surface area contributed by atoms with E-state index in [-0.39, 0.29) is 17.7 Å². The van der Waals surface area contributed by atoms with E-state index < -0.39 is 29.3 Å². The number of aliphatic hydroxyl groups excluding tert-OH is 1. The van der Waals surface area contributed by atoms with Gasteiger partial charge in [-0.15, -0.1) is 0 Å². The van der Waals surface area contributed by atoms with Crippen LogP contribution in [0.3, 0.4) is 0 Å². The Morgan fingerprint density at radius 2 is 1.82 bits per heavy atom. The second-order valence-electron chi connectivity index (χ2n) is 7.38. The van der Waals surface area contributed by atoms with E-state index in [1.807, 2.05) is 0 Å². The summed E-state index contributed by atoms with van der Waals surface area (Å²) in [6.07, 6.45) is 3.20. The van der Waals surface area contributed by atoms with Crippen molar-refractivity contribution in [2.75, 3.05) is 14.2 Å². The molecule has 4 rings (SSSR count). The van der Waals surface area contributed by atoms with E-state index in [9.17, 15) is 19.1 Å². The van der Waals surface area contributed by atoms with Crippen LogP contribution in [0.25, 0.3) is 5.76 Å². The van der Waals surface area contributed by atoms with Gasteiger partial charge in [-0.3, -0.25) is 14.6 Å². The van der Waals surface area contributed by atoms with Crippen molar-refractivity contribution >= 4 is 17.4 Å². The van der Waals surface area contributed by atoms with Crippen LogP contribution < -0.4 is 9.47 Å². The quantitative estimate of drug-likeness (QED) is 0.350. The van der Waals surface area contributed by atoms with Gasteiger partial charge < -0.3 is 19.5 Å². The lowest BCUT2D eigenvalue weighted by Gasteiger charge is -2.27. The molecule has 1 amide bonds. The third-order valence-corrected chi connectivity index (χ3v) is 5.46. The molecule has 8 heteroatoms. The summed E-state index contributed by atoms with van der Waals surface area (Å²) in [6.45, 7) is 0.0731. The number of benzene rings is 2. The fourth-order valence-corrected chi connectivity index (χ4v) is 3.95. The molecule has 2 heterocycles. The molecule has 2 aromatic carbocycles. The van der Waals surface area contributed by atoms with E-state index in [4.69, 9.17) is 9.47 Å². The van der Waals surface area contributed by atoms with Crippen molar-refractivity contribution < 1.29 is 28.6 Å². The summed E-state index contributed by atoms with van der Waals surface area (Å²) < 4.78 is 24.4. The van der Waals surface area contributed by atoms with Crippen molar-refractivity contribution in [1.82, 2.24) is 9.88 Å². The molecule has 1 unspecified atom stereocenters. The van der Waals surface area contributed by atoms with Gasteiger partial charge >= 0.3 is 0 Å². The molecule has 1 fully saturated rings. The first-order valence-corrected chi connectivity index (χ1v) is 10.1. The second-order valence-corrected chi connectivity index (χ2v) is 7.38. The maximum Gasteiger partial charge on any atom is 0.295 e. The van der Waals surface area contributed by atoms with Gasteiger partial charge in [0.25, 0.3) is 11.7 Å². The molecule has 0 aliphatic carbocycles. The molecule has 1 aliphatic heterocycles. The number of carbonyl (C=O) groups is 2. The first kappa shape index (κ1) is 22.0. The molecule has 3 aromatic rings. The standard InChI is InChI=1S/C25H21FN2O5/c1-32-19-7-3-6-18(24(19)33-2)21-20(22(29)16-8-10-17(26)11-9-16)23(30)25(31)28(21)14-15-5-4-12-27-13-15/h3-13,21,29H,14H2,1-2H3/b22-20-. The zero-order chi connectivity index (χ0) is 23.5. The minimum Gasteiger partial charge on any atom is -0.507 e. The number of likely N-dealkylation sites (tertiary alicyclic amines) is 1. The first-order chi connectivity index (χ1) is 16.0. The van der Waals surface area contributed by atoms with Crippen LogP contribution in [0.4, 0.5) is 4.39 Å². The maximum atomic E-state index is 13.4. The number of Topliss-reactive ketones (excluding diaryl/α,β-unsaturated/α-hetero) is 1. The second kappa shape index (κ2) is 9.12. The molecule has 168 valence electrons. The van der Waals surface area contributed by atoms with Gasteiger partial charge in [0, 0.05) is 30.1 Å². The smallest absolute Gasteiger partial charge is 0.295 e. The number of ketones is 1. The van der Waals surface area contributed by atoms with Crippen molar-refractivity contribution in [3.8, 4) is 11.5 Å². The number of para-hydroxylation sites is 1. The molecular weight excluding hydrogens is 427 g/mol. The van der Waals surface area contributed by atoms with Crippen LogP contribution in [0.15, 0.2) is 72.6 Å². The van der Waals surface area contributed by atoms with Crippen LogP contribution in [0.5, 0.6) is 11.5 Å². The number of ether oxygens (including phenoxy) is 2. The van der Waals surface area contributed by atoms with Crippen molar-refractivity contribution in [2.24, 2.45) is 0 Å². The Kier molecular flexibility index (Phi) is 6.08. The fraction of sp³-hybridized carbons (Fsp3) is 0.160. The van der Waals surface area contributed by atoms with E-state index in [1.165, 1.54) is 43.4 Å². The predicted molar refractivity (Wildman–Crippen MR) is 118 cm³/mol. The molecule has 7 nitrogen and oxygen atoms in total. The van der Waals surface area contributed by atoms with Gasteiger partial charge in [0.2, 0.25) is 0 Å². The maximum absolute atomic E-state index is 13.4. The summed E-state index contributed by atoms with van der Waals surface area (Å²) in [6, 6.07) is 12.7. The average molecular weight is 448 g/mol. The molecule has 1 atom stereocenters. The van der Waals surface area contributed by atoms with Gasteiger partial charge in [0.05, 0.1) is 25.8 Å². The molecule has 0 bridgehead atoms. The lowest BCUT2D eigenvalue weighted by molar-refractivity contribution is -0.140. The Balaban J connectivity index is 1.94. The Bertz CT molecular complexity index is 1230.